The second-order valence-corrected chi connectivity index (χ2v) is 5.21. The van der Waals surface area contributed by atoms with Crippen molar-refractivity contribution >= 4 is 39.1 Å². The van der Waals surface area contributed by atoms with E-state index in [1.54, 1.807) is 0 Å². The first-order chi connectivity index (χ1) is 9.49. The van der Waals surface area contributed by atoms with Crippen molar-refractivity contribution in [3.63, 3.8) is 0 Å². The Hall–Kier alpha value is -2.08. The Kier molecular flexibility index (Phi) is 4.24. The van der Waals surface area contributed by atoms with E-state index >= 15 is 0 Å². The van der Waals surface area contributed by atoms with E-state index in [0.717, 1.165) is 15.7 Å². The standard InChI is InChI=1S/C14H14BrN3O2/c1-8-3-9(15)5-11(4-8)18-13-12(14(19)20-2)6-10(16)7-17-13/h3-7H,16H2,1-2H3,(H,17,18). The Bertz CT molecular complexity index is 639. The van der Waals surface area contributed by atoms with Crippen LogP contribution in [-0.4, -0.2) is 18.1 Å². The second kappa shape index (κ2) is 5.92. The predicted octanol–water partition coefficient (Wildman–Crippen LogP) is 3.26. The third-order valence-electron chi connectivity index (χ3n) is 2.62. The molecule has 0 radical (unpaired) electrons. The molecule has 5 nitrogen and oxygen atoms in total. The number of benzene rings is 1. The number of carbonyl (C=O) groups is 1. The van der Waals surface area contributed by atoms with Gasteiger partial charge in [-0.15, -0.1) is 0 Å². The maximum absolute atomic E-state index is 11.7. The van der Waals surface area contributed by atoms with Gasteiger partial charge in [-0.05, 0) is 36.8 Å². The Morgan fingerprint density at radius 2 is 2.10 bits per heavy atom. The number of pyridine rings is 1. The molecule has 1 aromatic heterocycles. The lowest BCUT2D eigenvalue weighted by Crippen LogP contribution is -2.08. The average molecular weight is 336 g/mol. The van der Waals surface area contributed by atoms with Gasteiger partial charge in [-0.2, -0.15) is 0 Å². The van der Waals surface area contributed by atoms with Gasteiger partial charge in [0.25, 0.3) is 0 Å². The van der Waals surface area contributed by atoms with Crippen LogP contribution in [-0.2, 0) is 4.74 Å². The van der Waals surface area contributed by atoms with Crippen LogP contribution in [0, 0.1) is 6.92 Å². The predicted molar refractivity (Wildman–Crippen MR) is 82.2 cm³/mol. The lowest BCUT2D eigenvalue weighted by atomic mass is 10.2. The highest BCUT2D eigenvalue weighted by Gasteiger charge is 2.14. The van der Waals surface area contributed by atoms with E-state index in [0.29, 0.717) is 17.1 Å². The molecule has 6 heteroatoms. The number of aryl methyl sites for hydroxylation is 1. The molecule has 2 aromatic rings. The molecule has 0 aliphatic heterocycles. The Balaban J connectivity index is 2.40. The first-order valence-corrected chi connectivity index (χ1v) is 6.67. The number of ether oxygens (including phenoxy) is 1. The fraction of sp³-hybridized carbons (Fsp3) is 0.143. The molecule has 0 aliphatic carbocycles. The number of carbonyl (C=O) groups excluding carboxylic acids is 1. The molecule has 104 valence electrons. The molecule has 0 fully saturated rings. The molecular formula is C14H14BrN3O2. The Morgan fingerprint density at radius 3 is 2.75 bits per heavy atom. The third kappa shape index (κ3) is 3.27. The zero-order valence-corrected chi connectivity index (χ0v) is 12.7. The summed E-state index contributed by atoms with van der Waals surface area (Å²) >= 11 is 3.43. The first-order valence-electron chi connectivity index (χ1n) is 5.87. The van der Waals surface area contributed by atoms with Gasteiger partial charge in [-0.1, -0.05) is 15.9 Å². The van der Waals surface area contributed by atoms with Gasteiger partial charge >= 0.3 is 5.97 Å². The van der Waals surface area contributed by atoms with Gasteiger partial charge < -0.3 is 15.8 Å². The molecule has 1 heterocycles. The molecule has 2 rings (SSSR count). The normalized spacial score (nSPS) is 10.2. The van der Waals surface area contributed by atoms with Crippen molar-refractivity contribution in [1.29, 1.82) is 0 Å². The summed E-state index contributed by atoms with van der Waals surface area (Å²) in [6, 6.07) is 7.37. The molecule has 0 atom stereocenters. The summed E-state index contributed by atoms with van der Waals surface area (Å²) in [5, 5.41) is 3.10. The quantitative estimate of drug-likeness (QED) is 0.842. The number of methoxy groups -OCH3 is 1. The monoisotopic (exact) mass is 335 g/mol. The second-order valence-electron chi connectivity index (χ2n) is 4.30. The minimum Gasteiger partial charge on any atom is -0.465 e. The highest BCUT2D eigenvalue weighted by Crippen LogP contribution is 2.25. The highest BCUT2D eigenvalue weighted by molar-refractivity contribution is 9.10. The maximum atomic E-state index is 11.7. The van der Waals surface area contributed by atoms with E-state index < -0.39 is 5.97 Å². The number of rotatable bonds is 3. The van der Waals surface area contributed by atoms with E-state index in [9.17, 15) is 4.79 Å². The van der Waals surface area contributed by atoms with Crippen LogP contribution in [0.3, 0.4) is 0 Å². The summed E-state index contributed by atoms with van der Waals surface area (Å²) < 4.78 is 5.67. The van der Waals surface area contributed by atoms with E-state index in [-0.39, 0.29) is 0 Å². The van der Waals surface area contributed by atoms with Crippen molar-refractivity contribution in [3.8, 4) is 0 Å². The molecule has 0 amide bonds. The number of nitrogens with zero attached hydrogens (tertiary/aromatic N) is 1. The van der Waals surface area contributed by atoms with Gasteiger partial charge in [0.1, 0.15) is 11.4 Å². The molecule has 0 unspecified atom stereocenters. The van der Waals surface area contributed by atoms with Gasteiger partial charge in [0.2, 0.25) is 0 Å². The number of hydrogen-bond donors (Lipinski definition) is 2. The summed E-state index contributed by atoms with van der Waals surface area (Å²) in [5.41, 5.74) is 8.26. The molecule has 20 heavy (non-hydrogen) atoms. The summed E-state index contributed by atoms with van der Waals surface area (Å²) in [6.07, 6.45) is 1.49. The third-order valence-corrected chi connectivity index (χ3v) is 3.08. The molecule has 3 N–H and O–H groups in total. The minimum absolute atomic E-state index is 0.296. The number of nitrogen functional groups attached to an aromatic ring is 1. The van der Waals surface area contributed by atoms with Crippen molar-refractivity contribution in [2.75, 3.05) is 18.2 Å². The minimum atomic E-state index is -0.487. The lowest BCUT2D eigenvalue weighted by Gasteiger charge is -2.11. The number of aromatic nitrogens is 1. The SMILES string of the molecule is COC(=O)c1cc(N)cnc1Nc1cc(C)cc(Br)c1. The fourth-order valence-electron chi connectivity index (χ4n) is 1.79. The molecule has 0 saturated heterocycles. The van der Waals surface area contributed by atoms with Gasteiger partial charge in [-0.25, -0.2) is 9.78 Å². The van der Waals surface area contributed by atoms with Crippen molar-refractivity contribution in [3.05, 3.63) is 46.1 Å². The van der Waals surface area contributed by atoms with Crippen molar-refractivity contribution in [2.45, 2.75) is 6.92 Å². The zero-order chi connectivity index (χ0) is 14.7. The van der Waals surface area contributed by atoms with Gasteiger partial charge in [0.15, 0.2) is 0 Å². The van der Waals surface area contributed by atoms with Gasteiger partial charge in [-0.3, -0.25) is 0 Å². The first kappa shape index (κ1) is 14.3. The highest BCUT2D eigenvalue weighted by atomic mass is 79.9. The number of hydrogen-bond acceptors (Lipinski definition) is 5. The van der Waals surface area contributed by atoms with Crippen LogP contribution in [0.2, 0.25) is 0 Å². The van der Waals surface area contributed by atoms with Crippen molar-refractivity contribution in [2.24, 2.45) is 0 Å². The number of esters is 1. The van der Waals surface area contributed by atoms with Crippen LogP contribution in [0.25, 0.3) is 0 Å². The smallest absolute Gasteiger partial charge is 0.341 e. The van der Waals surface area contributed by atoms with E-state index in [2.05, 4.69) is 26.2 Å². The van der Waals surface area contributed by atoms with Crippen LogP contribution < -0.4 is 11.1 Å². The average Bonchev–Trinajstić information content (AvgIpc) is 2.38. The summed E-state index contributed by atoms with van der Waals surface area (Å²) in [5.74, 6) is -0.0810. The number of halogens is 1. The topological polar surface area (TPSA) is 77.2 Å². The van der Waals surface area contributed by atoms with E-state index in [1.807, 2.05) is 25.1 Å². The largest absolute Gasteiger partial charge is 0.465 e. The number of anilines is 3. The van der Waals surface area contributed by atoms with Crippen LogP contribution in [0.15, 0.2) is 34.9 Å². The van der Waals surface area contributed by atoms with Crippen LogP contribution >= 0.6 is 15.9 Å². The summed E-state index contributed by atoms with van der Waals surface area (Å²) in [4.78, 5) is 15.9. The molecule has 0 bridgehead atoms. The lowest BCUT2D eigenvalue weighted by molar-refractivity contribution is 0.0601. The molecule has 0 spiro atoms. The van der Waals surface area contributed by atoms with Crippen LogP contribution in [0.4, 0.5) is 17.2 Å². The number of nitrogens with one attached hydrogen (secondary N) is 1. The summed E-state index contributed by atoms with van der Waals surface area (Å²) in [6.45, 7) is 1.98. The Labute approximate surface area is 125 Å². The zero-order valence-electron chi connectivity index (χ0n) is 11.1. The molecule has 1 aromatic carbocycles. The van der Waals surface area contributed by atoms with Gasteiger partial charge in [0.05, 0.1) is 19.0 Å². The fourth-order valence-corrected chi connectivity index (χ4v) is 2.40. The number of nitrogens with two attached hydrogens (primary N) is 1. The molecular weight excluding hydrogens is 322 g/mol. The van der Waals surface area contributed by atoms with Crippen LogP contribution in [0.5, 0.6) is 0 Å². The Morgan fingerprint density at radius 1 is 1.35 bits per heavy atom. The van der Waals surface area contributed by atoms with E-state index in [1.165, 1.54) is 19.4 Å². The van der Waals surface area contributed by atoms with Gasteiger partial charge in [0, 0.05) is 10.2 Å². The van der Waals surface area contributed by atoms with Crippen molar-refractivity contribution in [1.82, 2.24) is 4.98 Å². The molecule has 0 aliphatic rings. The summed E-state index contributed by atoms with van der Waals surface area (Å²) in [7, 11) is 1.32. The van der Waals surface area contributed by atoms with E-state index in [4.69, 9.17) is 10.5 Å². The maximum Gasteiger partial charge on any atom is 0.341 e. The van der Waals surface area contributed by atoms with Crippen molar-refractivity contribution < 1.29 is 9.53 Å². The van der Waals surface area contributed by atoms with Crippen LogP contribution in [0.1, 0.15) is 15.9 Å². The molecule has 0 saturated carbocycles.